The molecule has 0 aromatic rings. The Kier molecular flexibility index (Phi) is 5.38. The predicted molar refractivity (Wildman–Crippen MR) is 71.0 cm³/mol. The highest BCUT2D eigenvalue weighted by Gasteiger charge is 2.40. The molecule has 0 aromatic heterocycles. The Morgan fingerprint density at radius 3 is 2.41 bits per heavy atom. The Balaban J connectivity index is 2.63. The Bertz CT molecular complexity index is 273. The van der Waals surface area contributed by atoms with E-state index in [1.807, 2.05) is 13.8 Å². The molecule has 17 heavy (non-hydrogen) atoms. The first-order chi connectivity index (χ1) is 8.00. The lowest BCUT2D eigenvalue weighted by Gasteiger charge is -2.38. The van der Waals surface area contributed by atoms with E-state index in [1.54, 1.807) is 0 Å². The average Bonchev–Trinajstić information content (AvgIpc) is 2.29. The van der Waals surface area contributed by atoms with Gasteiger partial charge in [0.1, 0.15) is 5.60 Å². The van der Waals surface area contributed by atoms with E-state index in [-0.39, 0.29) is 5.78 Å². The zero-order valence-corrected chi connectivity index (χ0v) is 11.6. The maximum atomic E-state index is 12.4. The number of carbonyl (C=O) groups is 1. The molecule has 0 radical (unpaired) electrons. The Morgan fingerprint density at radius 1 is 1.35 bits per heavy atom. The molecule has 1 fully saturated rings. The Labute approximate surface area is 105 Å². The van der Waals surface area contributed by atoms with Gasteiger partial charge in [-0.1, -0.05) is 12.5 Å². The molecular formula is C15H26O2. The molecule has 0 bridgehead atoms. The smallest absolute Gasteiger partial charge is 0.164 e. The van der Waals surface area contributed by atoms with Gasteiger partial charge in [-0.05, 0) is 51.9 Å². The average molecular weight is 238 g/mol. The van der Waals surface area contributed by atoms with E-state index >= 15 is 0 Å². The lowest BCUT2D eigenvalue weighted by atomic mass is 9.76. The molecule has 1 saturated carbocycles. The second-order valence-electron chi connectivity index (χ2n) is 5.49. The summed E-state index contributed by atoms with van der Waals surface area (Å²) >= 11 is 0. The van der Waals surface area contributed by atoms with Crippen LogP contribution in [0.15, 0.2) is 12.2 Å². The van der Waals surface area contributed by atoms with Crippen molar-refractivity contribution in [2.24, 2.45) is 5.92 Å². The lowest BCUT2D eigenvalue weighted by Crippen LogP contribution is -2.44. The van der Waals surface area contributed by atoms with Gasteiger partial charge in [-0.3, -0.25) is 4.79 Å². The summed E-state index contributed by atoms with van der Waals surface area (Å²) in [5.74, 6) is 1.02. The Hall–Kier alpha value is -0.630. The highest BCUT2D eigenvalue weighted by atomic mass is 16.5. The molecule has 0 N–H and O–H groups in total. The molecule has 0 aliphatic heterocycles. The first-order valence-corrected chi connectivity index (χ1v) is 6.82. The fourth-order valence-electron chi connectivity index (χ4n) is 2.56. The van der Waals surface area contributed by atoms with Crippen LogP contribution >= 0.6 is 0 Å². The van der Waals surface area contributed by atoms with Crippen molar-refractivity contribution in [3.63, 3.8) is 0 Å². The first-order valence-electron chi connectivity index (χ1n) is 6.82. The maximum Gasteiger partial charge on any atom is 0.164 e. The van der Waals surface area contributed by atoms with Crippen LogP contribution in [0.2, 0.25) is 0 Å². The van der Waals surface area contributed by atoms with E-state index < -0.39 is 5.60 Å². The molecular weight excluding hydrogens is 212 g/mol. The summed E-state index contributed by atoms with van der Waals surface area (Å²) in [6.45, 7) is 10.7. The Morgan fingerprint density at radius 2 is 1.94 bits per heavy atom. The molecule has 2 nitrogen and oxygen atoms in total. The largest absolute Gasteiger partial charge is 0.368 e. The van der Waals surface area contributed by atoms with Crippen LogP contribution in [0.5, 0.6) is 0 Å². The third-order valence-corrected chi connectivity index (χ3v) is 3.79. The van der Waals surface area contributed by atoms with E-state index in [9.17, 15) is 4.79 Å². The fourth-order valence-corrected chi connectivity index (χ4v) is 2.56. The number of hydrogen-bond donors (Lipinski definition) is 0. The van der Waals surface area contributed by atoms with Gasteiger partial charge in [0, 0.05) is 13.0 Å². The second-order valence-corrected chi connectivity index (χ2v) is 5.49. The quantitative estimate of drug-likeness (QED) is 0.656. The minimum Gasteiger partial charge on any atom is -0.368 e. The van der Waals surface area contributed by atoms with E-state index in [0.717, 1.165) is 43.6 Å². The molecule has 0 amide bonds. The van der Waals surface area contributed by atoms with Crippen LogP contribution < -0.4 is 0 Å². The standard InChI is InChI=1S/C15H26O2/c1-5-17-15(10-8-13(4)9-11-15)14(16)7-6-12(2)3/h13H,2,5-11H2,1,3-4H3. The van der Waals surface area contributed by atoms with Crippen LogP contribution in [0.25, 0.3) is 0 Å². The van der Waals surface area contributed by atoms with Crippen LogP contribution in [-0.4, -0.2) is 18.0 Å². The summed E-state index contributed by atoms with van der Waals surface area (Å²) in [5, 5.41) is 0. The fraction of sp³-hybridized carbons (Fsp3) is 0.800. The van der Waals surface area contributed by atoms with E-state index in [4.69, 9.17) is 4.74 Å². The van der Waals surface area contributed by atoms with E-state index in [1.165, 1.54) is 0 Å². The summed E-state index contributed by atoms with van der Waals surface area (Å²) in [4.78, 5) is 12.4. The zero-order chi connectivity index (χ0) is 12.9. The molecule has 98 valence electrons. The molecule has 0 saturated heterocycles. The van der Waals surface area contributed by atoms with Gasteiger partial charge in [-0.15, -0.1) is 6.58 Å². The highest BCUT2D eigenvalue weighted by Crippen LogP contribution is 2.36. The molecule has 2 heteroatoms. The summed E-state index contributed by atoms with van der Waals surface area (Å²) < 4.78 is 5.83. The van der Waals surface area contributed by atoms with Crippen LogP contribution in [0.3, 0.4) is 0 Å². The van der Waals surface area contributed by atoms with Gasteiger partial charge in [0.05, 0.1) is 0 Å². The van der Waals surface area contributed by atoms with Gasteiger partial charge in [-0.2, -0.15) is 0 Å². The molecule has 1 aliphatic rings. The van der Waals surface area contributed by atoms with Crippen LogP contribution in [-0.2, 0) is 9.53 Å². The zero-order valence-electron chi connectivity index (χ0n) is 11.6. The summed E-state index contributed by atoms with van der Waals surface area (Å²) in [5.41, 5.74) is 0.602. The predicted octanol–water partition coefficient (Wildman–Crippen LogP) is 3.90. The highest BCUT2D eigenvalue weighted by molar-refractivity contribution is 5.87. The SMILES string of the molecule is C=C(C)CCC(=O)C1(OCC)CCC(C)CC1. The van der Waals surface area contributed by atoms with Gasteiger partial charge in [-0.25, -0.2) is 0 Å². The van der Waals surface area contributed by atoms with Crippen molar-refractivity contribution in [3.05, 3.63) is 12.2 Å². The van der Waals surface area contributed by atoms with Gasteiger partial charge >= 0.3 is 0 Å². The number of ether oxygens (including phenoxy) is 1. The van der Waals surface area contributed by atoms with Crippen molar-refractivity contribution in [2.75, 3.05) is 6.61 Å². The third kappa shape index (κ3) is 3.95. The third-order valence-electron chi connectivity index (χ3n) is 3.79. The summed E-state index contributed by atoms with van der Waals surface area (Å²) in [6.07, 6.45) is 5.40. The number of carbonyl (C=O) groups excluding carboxylic acids is 1. The molecule has 0 atom stereocenters. The molecule has 0 unspecified atom stereocenters. The van der Waals surface area contributed by atoms with Crippen molar-refractivity contribution in [1.29, 1.82) is 0 Å². The van der Waals surface area contributed by atoms with Crippen molar-refractivity contribution in [1.82, 2.24) is 0 Å². The number of allylic oxidation sites excluding steroid dienone is 1. The molecule has 0 aromatic carbocycles. The molecule has 1 aliphatic carbocycles. The maximum absolute atomic E-state index is 12.4. The number of ketones is 1. The van der Waals surface area contributed by atoms with Crippen molar-refractivity contribution in [2.45, 2.75) is 64.9 Å². The summed E-state index contributed by atoms with van der Waals surface area (Å²) in [7, 11) is 0. The summed E-state index contributed by atoms with van der Waals surface area (Å²) in [6, 6.07) is 0. The topological polar surface area (TPSA) is 26.3 Å². The molecule has 1 rings (SSSR count). The van der Waals surface area contributed by atoms with Gasteiger partial charge in [0.2, 0.25) is 0 Å². The van der Waals surface area contributed by atoms with Crippen molar-refractivity contribution < 1.29 is 9.53 Å². The number of rotatable bonds is 6. The van der Waals surface area contributed by atoms with Crippen LogP contribution in [0, 0.1) is 5.92 Å². The molecule has 0 spiro atoms. The molecule has 0 heterocycles. The van der Waals surface area contributed by atoms with Gasteiger partial charge in [0.25, 0.3) is 0 Å². The minimum absolute atomic E-state index is 0.286. The van der Waals surface area contributed by atoms with Gasteiger partial charge in [0.15, 0.2) is 5.78 Å². The van der Waals surface area contributed by atoms with E-state index in [0.29, 0.717) is 13.0 Å². The monoisotopic (exact) mass is 238 g/mol. The number of Topliss-reactive ketones (excluding diaryl/α,β-unsaturated/α-hetero) is 1. The normalized spacial score (nSPS) is 29.0. The number of hydrogen-bond acceptors (Lipinski definition) is 2. The van der Waals surface area contributed by atoms with Gasteiger partial charge < -0.3 is 4.74 Å². The minimum atomic E-state index is -0.475. The first kappa shape index (κ1) is 14.4. The second kappa shape index (κ2) is 6.34. The van der Waals surface area contributed by atoms with Crippen LogP contribution in [0.4, 0.5) is 0 Å². The van der Waals surface area contributed by atoms with E-state index in [2.05, 4.69) is 13.5 Å². The lowest BCUT2D eigenvalue weighted by molar-refractivity contribution is -0.150. The van der Waals surface area contributed by atoms with Crippen molar-refractivity contribution in [3.8, 4) is 0 Å². The van der Waals surface area contributed by atoms with Crippen molar-refractivity contribution >= 4 is 5.78 Å². The van der Waals surface area contributed by atoms with Crippen LogP contribution in [0.1, 0.15) is 59.3 Å².